The molecular formula is C23H16F3N3O2. The maximum absolute atomic E-state index is 13.1. The average molecular weight is 423 g/mol. The molecule has 3 aromatic carbocycles. The van der Waals surface area contributed by atoms with Gasteiger partial charge in [0.2, 0.25) is 5.43 Å². The molecule has 1 heterocycles. The number of aryl methyl sites for hydroxylation is 1. The van der Waals surface area contributed by atoms with Gasteiger partial charge in [0, 0.05) is 22.8 Å². The Kier molecular flexibility index (Phi) is 5.06. The fourth-order valence-electron chi connectivity index (χ4n) is 3.30. The van der Waals surface area contributed by atoms with Crippen LogP contribution in [-0.4, -0.2) is 15.7 Å². The first kappa shape index (κ1) is 20.3. The van der Waals surface area contributed by atoms with Crippen molar-refractivity contribution in [3.8, 4) is 5.69 Å². The van der Waals surface area contributed by atoms with Crippen molar-refractivity contribution >= 4 is 22.4 Å². The number of anilines is 1. The van der Waals surface area contributed by atoms with Crippen molar-refractivity contribution in [2.24, 2.45) is 0 Å². The number of fused-ring (bicyclic) bond motifs is 1. The third kappa shape index (κ3) is 4.05. The van der Waals surface area contributed by atoms with E-state index in [1.54, 1.807) is 12.1 Å². The van der Waals surface area contributed by atoms with Gasteiger partial charge in [-0.25, -0.2) is 4.68 Å². The zero-order valence-electron chi connectivity index (χ0n) is 16.3. The van der Waals surface area contributed by atoms with E-state index in [1.807, 2.05) is 30.3 Å². The summed E-state index contributed by atoms with van der Waals surface area (Å²) < 4.78 is 40.4. The van der Waals surface area contributed by atoms with Gasteiger partial charge >= 0.3 is 6.18 Å². The Hall–Kier alpha value is -3.94. The lowest BCUT2D eigenvalue weighted by Gasteiger charge is -2.14. The summed E-state index contributed by atoms with van der Waals surface area (Å²) in [6.45, 7) is 1.53. The highest BCUT2D eigenvalue weighted by Gasteiger charge is 2.30. The number of rotatable bonds is 3. The number of alkyl halides is 3. The molecule has 0 radical (unpaired) electrons. The van der Waals surface area contributed by atoms with E-state index in [0.29, 0.717) is 11.4 Å². The summed E-state index contributed by atoms with van der Waals surface area (Å²) in [6, 6.07) is 18.4. The number of hydrogen-bond acceptors (Lipinski definition) is 3. The van der Waals surface area contributed by atoms with Gasteiger partial charge in [0.1, 0.15) is 0 Å². The van der Waals surface area contributed by atoms with Crippen molar-refractivity contribution in [3.05, 3.63) is 100.0 Å². The first-order valence-electron chi connectivity index (χ1n) is 9.32. The van der Waals surface area contributed by atoms with Crippen LogP contribution in [0.1, 0.15) is 21.7 Å². The van der Waals surface area contributed by atoms with Gasteiger partial charge in [-0.05, 0) is 36.6 Å². The zero-order chi connectivity index (χ0) is 22.2. The van der Waals surface area contributed by atoms with Crippen LogP contribution in [0.4, 0.5) is 18.9 Å². The van der Waals surface area contributed by atoms with E-state index >= 15 is 0 Å². The standard InChI is InChI=1S/C23H16F3N3O2/c1-14-12-20(30)21(28-29(14)17-9-5-8-16(13-17)23(24,25)26)22(31)27-19-11-4-7-15-6-2-3-10-18(15)19/h2-13H,1H3,(H,27,31). The third-order valence-electron chi connectivity index (χ3n) is 4.78. The Morgan fingerprint density at radius 1 is 0.968 bits per heavy atom. The summed E-state index contributed by atoms with van der Waals surface area (Å²) in [6.07, 6.45) is -4.53. The molecule has 31 heavy (non-hydrogen) atoms. The highest BCUT2D eigenvalue weighted by molar-refractivity contribution is 6.08. The molecule has 5 nitrogen and oxygen atoms in total. The lowest BCUT2D eigenvalue weighted by atomic mass is 10.1. The minimum Gasteiger partial charge on any atom is -0.320 e. The van der Waals surface area contributed by atoms with Gasteiger partial charge in [-0.1, -0.05) is 42.5 Å². The molecule has 8 heteroatoms. The van der Waals surface area contributed by atoms with E-state index in [2.05, 4.69) is 10.4 Å². The lowest BCUT2D eigenvalue weighted by Crippen LogP contribution is -2.27. The molecule has 0 saturated carbocycles. The highest BCUT2D eigenvalue weighted by atomic mass is 19.4. The van der Waals surface area contributed by atoms with Crippen LogP contribution in [0.15, 0.2) is 77.6 Å². The summed E-state index contributed by atoms with van der Waals surface area (Å²) in [5, 5.41) is 8.43. The molecular weight excluding hydrogens is 407 g/mol. The number of hydrogen-bond donors (Lipinski definition) is 1. The fourth-order valence-corrected chi connectivity index (χ4v) is 3.30. The monoisotopic (exact) mass is 423 g/mol. The van der Waals surface area contributed by atoms with Crippen LogP contribution in [0.3, 0.4) is 0 Å². The van der Waals surface area contributed by atoms with Crippen LogP contribution >= 0.6 is 0 Å². The number of amides is 1. The normalized spacial score (nSPS) is 11.5. The van der Waals surface area contributed by atoms with Crippen molar-refractivity contribution in [2.75, 3.05) is 5.32 Å². The molecule has 0 aliphatic carbocycles. The second kappa shape index (κ2) is 7.71. The topological polar surface area (TPSA) is 64.0 Å². The summed E-state index contributed by atoms with van der Waals surface area (Å²) >= 11 is 0. The SMILES string of the molecule is Cc1cc(=O)c(C(=O)Nc2cccc3ccccc23)nn1-c1cccc(C(F)(F)F)c1. The Morgan fingerprint density at radius 2 is 1.68 bits per heavy atom. The molecule has 1 amide bonds. The minimum atomic E-state index is -4.53. The van der Waals surface area contributed by atoms with E-state index < -0.39 is 28.8 Å². The largest absolute Gasteiger partial charge is 0.416 e. The van der Waals surface area contributed by atoms with Gasteiger partial charge in [0.25, 0.3) is 5.91 Å². The van der Waals surface area contributed by atoms with Crippen LogP contribution in [-0.2, 0) is 6.18 Å². The number of carbonyl (C=O) groups is 1. The Labute approximate surface area is 174 Å². The van der Waals surface area contributed by atoms with E-state index in [1.165, 1.54) is 25.1 Å². The first-order chi connectivity index (χ1) is 14.7. The van der Waals surface area contributed by atoms with Crippen LogP contribution in [0, 0.1) is 6.92 Å². The molecule has 0 fully saturated rings. The Morgan fingerprint density at radius 3 is 2.45 bits per heavy atom. The van der Waals surface area contributed by atoms with E-state index in [-0.39, 0.29) is 5.69 Å². The quantitative estimate of drug-likeness (QED) is 0.506. The summed E-state index contributed by atoms with van der Waals surface area (Å²) in [5.74, 6) is -0.748. The molecule has 1 N–H and O–H groups in total. The molecule has 0 atom stereocenters. The molecule has 0 spiro atoms. The molecule has 0 aliphatic rings. The second-order valence-electron chi connectivity index (χ2n) is 6.94. The van der Waals surface area contributed by atoms with Gasteiger partial charge in [0.05, 0.1) is 11.3 Å². The number of benzene rings is 3. The predicted octanol–water partition coefficient (Wildman–Crippen LogP) is 4.97. The van der Waals surface area contributed by atoms with Crippen molar-refractivity contribution in [2.45, 2.75) is 13.1 Å². The van der Waals surface area contributed by atoms with Crippen LogP contribution in [0.5, 0.6) is 0 Å². The maximum atomic E-state index is 13.1. The zero-order valence-corrected chi connectivity index (χ0v) is 16.3. The van der Waals surface area contributed by atoms with Crippen LogP contribution in [0.25, 0.3) is 16.5 Å². The van der Waals surface area contributed by atoms with E-state index in [0.717, 1.165) is 27.6 Å². The Balaban J connectivity index is 1.75. The van der Waals surface area contributed by atoms with Crippen molar-refractivity contribution in [1.82, 2.24) is 9.78 Å². The van der Waals surface area contributed by atoms with E-state index in [9.17, 15) is 22.8 Å². The minimum absolute atomic E-state index is 0.0894. The molecule has 4 rings (SSSR count). The second-order valence-corrected chi connectivity index (χ2v) is 6.94. The molecule has 4 aromatic rings. The third-order valence-corrected chi connectivity index (χ3v) is 4.78. The molecule has 0 saturated heterocycles. The summed E-state index contributed by atoms with van der Waals surface area (Å²) in [4.78, 5) is 25.3. The van der Waals surface area contributed by atoms with Crippen molar-refractivity contribution in [1.29, 1.82) is 0 Å². The maximum Gasteiger partial charge on any atom is 0.416 e. The fraction of sp³-hybridized carbons (Fsp3) is 0.0870. The van der Waals surface area contributed by atoms with Gasteiger partial charge in [-0.2, -0.15) is 18.3 Å². The first-order valence-corrected chi connectivity index (χ1v) is 9.32. The number of aromatic nitrogens is 2. The molecule has 0 bridgehead atoms. The number of halogens is 3. The predicted molar refractivity (Wildman–Crippen MR) is 111 cm³/mol. The summed E-state index contributed by atoms with van der Waals surface area (Å²) in [5.41, 5.74) is -1.02. The highest BCUT2D eigenvalue weighted by Crippen LogP contribution is 2.30. The summed E-state index contributed by atoms with van der Waals surface area (Å²) in [7, 11) is 0. The number of nitrogens with zero attached hydrogens (tertiary/aromatic N) is 2. The molecule has 156 valence electrons. The molecule has 1 aromatic heterocycles. The van der Waals surface area contributed by atoms with Gasteiger partial charge in [-0.15, -0.1) is 0 Å². The van der Waals surface area contributed by atoms with Crippen LogP contribution in [0.2, 0.25) is 0 Å². The Bertz CT molecular complexity index is 1360. The van der Waals surface area contributed by atoms with Gasteiger partial charge in [-0.3, -0.25) is 9.59 Å². The van der Waals surface area contributed by atoms with Gasteiger partial charge in [0.15, 0.2) is 5.69 Å². The molecule has 0 unspecified atom stereocenters. The van der Waals surface area contributed by atoms with E-state index in [4.69, 9.17) is 0 Å². The molecule has 0 aliphatic heterocycles. The van der Waals surface area contributed by atoms with Crippen LogP contribution < -0.4 is 10.7 Å². The number of carbonyl (C=O) groups excluding carboxylic acids is 1. The smallest absolute Gasteiger partial charge is 0.320 e. The average Bonchev–Trinajstić information content (AvgIpc) is 2.73. The number of nitrogens with one attached hydrogen (secondary N) is 1. The lowest BCUT2D eigenvalue weighted by molar-refractivity contribution is -0.137. The van der Waals surface area contributed by atoms with Crippen molar-refractivity contribution in [3.63, 3.8) is 0 Å². The van der Waals surface area contributed by atoms with Crippen molar-refractivity contribution < 1.29 is 18.0 Å². The van der Waals surface area contributed by atoms with Gasteiger partial charge < -0.3 is 5.32 Å².